The van der Waals surface area contributed by atoms with Gasteiger partial charge in [0.2, 0.25) is 0 Å². The maximum absolute atomic E-state index is 4.45. The minimum atomic E-state index is 0.632. The van der Waals surface area contributed by atoms with Gasteiger partial charge in [-0.25, -0.2) is 14.6 Å². The highest BCUT2D eigenvalue weighted by atomic mass is 15.3. The first kappa shape index (κ1) is 14.9. The van der Waals surface area contributed by atoms with Crippen molar-refractivity contribution in [2.75, 3.05) is 5.43 Å². The van der Waals surface area contributed by atoms with Crippen LogP contribution in [0.25, 0.3) is 5.82 Å². The van der Waals surface area contributed by atoms with Crippen LogP contribution in [0.15, 0.2) is 47.6 Å². The average Bonchev–Trinajstić information content (AvgIpc) is 2.86. The van der Waals surface area contributed by atoms with Crippen molar-refractivity contribution in [2.24, 2.45) is 5.10 Å². The number of aryl methyl sites for hydroxylation is 3. The van der Waals surface area contributed by atoms with E-state index < -0.39 is 0 Å². The molecule has 2 aromatic heterocycles. The van der Waals surface area contributed by atoms with E-state index in [0.717, 1.165) is 22.8 Å². The molecule has 0 amide bonds. The molecular formula is C17H18N6. The Labute approximate surface area is 134 Å². The van der Waals surface area contributed by atoms with Gasteiger partial charge < -0.3 is 0 Å². The van der Waals surface area contributed by atoms with Crippen LogP contribution >= 0.6 is 0 Å². The fourth-order valence-electron chi connectivity index (χ4n) is 2.29. The lowest BCUT2D eigenvalue weighted by atomic mass is 10.2. The van der Waals surface area contributed by atoms with Gasteiger partial charge in [-0.2, -0.15) is 10.2 Å². The van der Waals surface area contributed by atoms with E-state index in [1.807, 2.05) is 63.2 Å². The molecule has 0 radical (unpaired) electrons. The number of aromatic nitrogens is 4. The lowest BCUT2D eigenvalue weighted by Gasteiger charge is -2.07. The summed E-state index contributed by atoms with van der Waals surface area (Å²) in [5.41, 5.74) is 5.95. The zero-order valence-electron chi connectivity index (χ0n) is 13.4. The van der Waals surface area contributed by atoms with Crippen LogP contribution in [-0.4, -0.2) is 26.0 Å². The number of anilines is 1. The van der Waals surface area contributed by atoms with Crippen LogP contribution in [0.2, 0.25) is 0 Å². The Morgan fingerprint density at radius 3 is 2.52 bits per heavy atom. The van der Waals surface area contributed by atoms with Crippen molar-refractivity contribution in [1.82, 2.24) is 19.7 Å². The van der Waals surface area contributed by atoms with E-state index in [1.54, 1.807) is 10.9 Å². The fourth-order valence-corrected chi connectivity index (χ4v) is 2.29. The molecule has 3 rings (SSSR count). The van der Waals surface area contributed by atoms with Crippen molar-refractivity contribution in [3.8, 4) is 5.82 Å². The topological polar surface area (TPSA) is 68.0 Å². The van der Waals surface area contributed by atoms with Gasteiger partial charge in [0.1, 0.15) is 5.82 Å². The van der Waals surface area contributed by atoms with E-state index >= 15 is 0 Å². The van der Waals surface area contributed by atoms with Gasteiger partial charge in [0.15, 0.2) is 11.6 Å². The number of hydrazone groups is 1. The zero-order valence-corrected chi connectivity index (χ0v) is 13.4. The minimum Gasteiger partial charge on any atom is -0.261 e. The van der Waals surface area contributed by atoms with E-state index in [-0.39, 0.29) is 0 Å². The van der Waals surface area contributed by atoms with Crippen molar-refractivity contribution in [2.45, 2.75) is 20.8 Å². The first-order valence-corrected chi connectivity index (χ1v) is 7.35. The van der Waals surface area contributed by atoms with Crippen molar-refractivity contribution < 1.29 is 0 Å². The molecule has 0 saturated heterocycles. The van der Waals surface area contributed by atoms with Crippen molar-refractivity contribution in [3.05, 3.63) is 65.2 Å². The molecule has 0 aliphatic carbocycles. The Morgan fingerprint density at radius 2 is 1.83 bits per heavy atom. The van der Waals surface area contributed by atoms with Crippen LogP contribution in [0.3, 0.4) is 0 Å². The Balaban J connectivity index is 1.83. The van der Waals surface area contributed by atoms with Gasteiger partial charge in [-0.3, -0.25) is 5.43 Å². The molecule has 0 fully saturated rings. The predicted molar refractivity (Wildman–Crippen MR) is 91.0 cm³/mol. The van der Waals surface area contributed by atoms with Crippen LogP contribution in [0.4, 0.5) is 5.82 Å². The maximum Gasteiger partial charge on any atom is 0.159 e. The molecule has 1 aromatic carbocycles. The summed E-state index contributed by atoms with van der Waals surface area (Å²) in [5.74, 6) is 2.01. The van der Waals surface area contributed by atoms with E-state index in [1.165, 1.54) is 0 Å². The van der Waals surface area contributed by atoms with Crippen molar-refractivity contribution >= 4 is 12.0 Å². The Bertz CT molecular complexity index is 836. The molecule has 0 unspecified atom stereocenters. The van der Waals surface area contributed by atoms with Crippen molar-refractivity contribution in [3.63, 3.8) is 0 Å². The number of benzene rings is 1. The summed E-state index contributed by atoms with van der Waals surface area (Å²) in [6, 6.07) is 13.7. The zero-order chi connectivity index (χ0) is 16.2. The summed E-state index contributed by atoms with van der Waals surface area (Å²) >= 11 is 0. The molecule has 0 aliphatic heterocycles. The standard InChI is InChI=1S/C17H18N6/c1-12-9-13(2)23(22-12)17-10-16(19-14(3)20-17)21-18-11-15-7-5-4-6-8-15/h4-11H,1-3H3,(H,19,20,21). The molecule has 2 heterocycles. The highest BCUT2D eigenvalue weighted by Crippen LogP contribution is 2.13. The smallest absolute Gasteiger partial charge is 0.159 e. The molecule has 0 saturated carbocycles. The van der Waals surface area contributed by atoms with Gasteiger partial charge >= 0.3 is 0 Å². The first-order valence-electron chi connectivity index (χ1n) is 7.35. The molecule has 0 spiro atoms. The van der Waals surface area contributed by atoms with Gasteiger partial charge in [0, 0.05) is 11.8 Å². The van der Waals surface area contributed by atoms with E-state index in [4.69, 9.17) is 0 Å². The molecule has 3 aromatic rings. The lowest BCUT2D eigenvalue weighted by molar-refractivity contribution is 0.793. The summed E-state index contributed by atoms with van der Waals surface area (Å²) in [4.78, 5) is 8.79. The predicted octanol–water partition coefficient (Wildman–Crippen LogP) is 3.03. The van der Waals surface area contributed by atoms with Gasteiger partial charge in [0.05, 0.1) is 11.9 Å². The third-order valence-corrected chi connectivity index (χ3v) is 3.24. The quantitative estimate of drug-likeness (QED) is 0.594. The average molecular weight is 306 g/mol. The van der Waals surface area contributed by atoms with E-state index in [0.29, 0.717) is 11.6 Å². The van der Waals surface area contributed by atoms with Gasteiger partial charge in [-0.05, 0) is 32.4 Å². The molecule has 0 atom stereocenters. The SMILES string of the molecule is Cc1cc(C)n(-c2cc(NN=Cc3ccccc3)nc(C)n2)n1. The largest absolute Gasteiger partial charge is 0.261 e. The number of nitrogens with one attached hydrogen (secondary N) is 1. The molecule has 0 aliphatic rings. The van der Waals surface area contributed by atoms with Crippen LogP contribution < -0.4 is 5.43 Å². The van der Waals surface area contributed by atoms with Gasteiger partial charge in [-0.1, -0.05) is 30.3 Å². The molecule has 23 heavy (non-hydrogen) atoms. The highest BCUT2D eigenvalue weighted by Gasteiger charge is 2.07. The summed E-state index contributed by atoms with van der Waals surface area (Å²) in [5, 5.41) is 8.67. The van der Waals surface area contributed by atoms with Crippen LogP contribution in [0.5, 0.6) is 0 Å². The molecular weight excluding hydrogens is 288 g/mol. The normalized spacial score (nSPS) is 11.1. The monoisotopic (exact) mass is 306 g/mol. The molecule has 116 valence electrons. The summed E-state index contributed by atoms with van der Waals surface area (Å²) < 4.78 is 1.80. The van der Waals surface area contributed by atoms with Gasteiger partial charge in [0.25, 0.3) is 0 Å². The molecule has 1 N–H and O–H groups in total. The fraction of sp³-hybridized carbons (Fsp3) is 0.176. The van der Waals surface area contributed by atoms with Crippen LogP contribution in [-0.2, 0) is 0 Å². The molecule has 6 nitrogen and oxygen atoms in total. The van der Waals surface area contributed by atoms with Gasteiger partial charge in [-0.15, -0.1) is 0 Å². The Morgan fingerprint density at radius 1 is 1.04 bits per heavy atom. The second-order valence-electron chi connectivity index (χ2n) is 5.28. The highest BCUT2D eigenvalue weighted by molar-refractivity contribution is 5.79. The number of hydrogen-bond acceptors (Lipinski definition) is 5. The third kappa shape index (κ3) is 3.60. The minimum absolute atomic E-state index is 0.632. The second-order valence-corrected chi connectivity index (χ2v) is 5.28. The van der Waals surface area contributed by atoms with Crippen LogP contribution in [0, 0.1) is 20.8 Å². The second kappa shape index (κ2) is 6.39. The van der Waals surface area contributed by atoms with Crippen molar-refractivity contribution in [1.29, 1.82) is 0 Å². The number of hydrogen-bond donors (Lipinski definition) is 1. The summed E-state index contributed by atoms with van der Waals surface area (Å²) in [6.45, 7) is 5.81. The first-order chi connectivity index (χ1) is 11.1. The number of nitrogens with zero attached hydrogens (tertiary/aromatic N) is 5. The third-order valence-electron chi connectivity index (χ3n) is 3.24. The lowest BCUT2D eigenvalue weighted by Crippen LogP contribution is -2.06. The Kier molecular flexibility index (Phi) is 4.14. The Hall–Kier alpha value is -3.02. The molecule has 6 heteroatoms. The van der Waals surface area contributed by atoms with Crippen LogP contribution in [0.1, 0.15) is 22.8 Å². The molecule has 0 bridgehead atoms. The maximum atomic E-state index is 4.45. The summed E-state index contributed by atoms with van der Waals surface area (Å²) in [6.07, 6.45) is 1.75. The van der Waals surface area contributed by atoms with E-state index in [2.05, 4.69) is 25.6 Å². The number of rotatable bonds is 4. The van der Waals surface area contributed by atoms with E-state index in [9.17, 15) is 0 Å². The summed E-state index contributed by atoms with van der Waals surface area (Å²) in [7, 11) is 0.